The Hall–Kier alpha value is -5.13. The van der Waals surface area contributed by atoms with E-state index in [2.05, 4.69) is 41.3 Å². The molecular formula is C37H42N8O3. The fraction of sp³-hybridized carbons (Fsp3) is 0.324. The van der Waals surface area contributed by atoms with Gasteiger partial charge in [0.25, 0.3) is 11.8 Å². The second-order valence-corrected chi connectivity index (χ2v) is 13.2. The fourth-order valence-electron chi connectivity index (χ4n) is 5.88. The van der Waals surface area contributed by atoms with Gasteiger partial charge < -0.3 is 25.2 Å². The Morgan fingerprint density at radius 2 is 1.58 bits per heavy atom. The van der Waals surface area contributed by atoms with Crippen LogP contribution in [0.25, 0.3) is 22.6 Å². The normalized spacial score (nSPS) is 13.9. The number of carbonyl (C=O) groups is 2. The zero-order valence-corrected chi connectivity index (χ0v) is 28.1. The number of amides is 2. The monoisotopic (exact) mass is 646 g/mol. The number of fused-ring (bicyclic) bond motifs is 1. The summed E-state index contributed by atoms with van der Waals surface area (Å²) in [4.78, 5) is 44.7. The summed E-state index contributed by atoms with van der Waals surface area (Å²) >= 11 is 0. The molecule has 0 bridgehead atoms. The lowest BCUT2D eigenvalue weighted by atomic mass is 9.86. The summed E-state index contributed by atoms with van der Waals surface area (Å²) in [5.41, 5.74) is 6.68. The van der Waals surface area contributed by atoms with Crippen LogP contribution in [0.2, 0.25) is 0 Å². The van der Waals surface area contributed by atoms with E-state index < -0.39 is 0 Å². The molecule has 5 aromatic rings. The van der Waals surface area contributed by atoms with Gasteiger partial charge >= 0.3 is 0 Å². The van der Waals surface area contributed by atoms with Crippen molar-refractivity contribution in [1.82, 2.24) is 29.3 Å². The number of rotatable bonds is 8. The Labute approximate surface area is 280 Å². The van der Waals surface area contributed by atoms with Crippen LogP contribution in [0, 0.1) is 6.92 Å². The van der Waals surface area contributed by atoms with Crippen molar-refractivity contribution >= 4 is 40.2 Å². The van der Waals surface area contributed by atoms with Crippen LogP contribution in [0.4, 0.5) is 17.2 Å². The number of aliphatic hydroxyl groups is 1. The zero-order chi connectivity index (χ0) is 34.0. The molecule has 0 aliphatic carbocycles. The highest BCUT2D eigenvalue weighted by atomic mass is 16.3. The highest BCUT2D eigenvalue weighted by Crippen LogP contribution is 2.31. The largest absolute Gasteiger partial charge is 0.395 e. The van der Waals surface area contributed by atoms with Gasteiger partial charge in [0.05, 0.1) is 12.9 Å². The molecule has 11 heteroatoms. The van der Waals surface area contributed by atoms with Gasteiger partial charge in [-0.15, -0.1) is 0 Å². The molecule has 3 N–H and O–H groups in total. The van der Waals surface area contributed by atoms with Crippen LogP contribution in [-0.2, 0) is 12.5 Å². The molecule has 0 saturated carbocycles. The second-order valence-electron chi connectivity index (χ2n) is 13.2. The predicted octanol–water partition coefficient (Wildman–Crippen LogP) is 5.38. The molecule has 2 amide bonds. The number of anilines is 3. The maximum Gasteiger partial charge on any atom is 0.255 e. The fourth-order valence-corrected chi connectivity index (χ4v) is 5.88. The summed E-state index contributed by atoms with van der Waals surface area (Å²) in [5.74, 6) is 0.823. The molecule has 11 nitrogen and oxygen atoms in total. The van der Waals surface area contributed by atoms with Crippen LogP contribution >= 0.6 is 0 Å². The van der Waals surface area contributed by atoms with Gasteiger partial charge in [-0.1, -0.05) is 45.0 Å². The summed E-state index contributed by atoms with van der Waals surface area (Å²) < 4.78 is 1.84. The van der Waals surface area contributed by atoms with Crippen LogP contribution in [0.15, 0.2) is 73.1 Å². The topological polar surface area (TPSA) is 129 Å². The third kappa shape index (κ3) is 6.92. The number of imidazole rings is 1. The quantitative estimate of drug-likeness (QED) is 0.205. The van der Waals surface area contributed by atoms with Gasteiger partial charge in [-0.2, -0.15) is 0 Å². The van der Waals surface area contributed by atoms with Crippen LogP contribution in [-0.4, -0.2) is 85.6 Å². The maximum atomic E-state index is 13.2. The third-order valence-corrected chi connectivity index (χ3v) is 8.87. The first-order chi connectivity index (χ1) is 23.0. The minimum atomic E-state index is -0.188. The van der Waals surface area contributed by atoms with E-state index in [1.54, 1.807) is 6.33 Å². The van der Waals surface area contributed by atoms with Gasteiger partial charge in [-0.05, 0) is 65.9 Å². The highest BCUT2D eigenvalue weighted by molar-refractivity contribution is 6.05. The molecule has 2 aromatic heterocycles. The van der Waals surface area contributed by atoms with Crippen molar-refractivity contribution in [3.8, 4) is 11.4 Å². The first-order valence-electron chi connectivity index (χ1n) is 16.2. The number of nitrogens with one attached hydrogen (secondary N) is 2. The number of benzene rings is 3. The number of nitrogens with zero attached hydrogens (tertiary/aromatic N) is 6. The Bertz CT molecular complexity index is 1940. The number of hydrogen-bond donors (Lipinski definition) is 3. The van der Waals surface area contributed by atoms with E-state index >= 15 is 0 Å². The zero-order valence-electron chi connectivity index (χ0n) is 28.1. The molecule has 48 heavy (non-hydrogen) atoms. The number of hydrogen-bond acceptors (Lipinski definition) is 8. The van der Waals surface area contributed by atoms with Gasteiger partial charge in [0.2, 0.25) is 0 Å². The highest BCUT2D eigenvalue weighted by Gasteiger charge is 2.22. The van der Waals surface area contributed by atoms with E-state index in [4.69, 9.17) is 9.97 Å². The Kier molecular flexibility index (Phi) is 9.25. The number of aryl methyl sites for hydroxylation is 1. The van der Waals surface area contributed by atoms with E-state index in [0.717, 1.165) is 29.9 Å². The molecule has 0 atom stereocenters. The summed E-state index contributed by atoms with van der Waals surface area (Å²) in [6.45, 7) is 11.9. The molecular weight excluding hydrogens is 604 g/mol. The van der Waals surface area contributed by atoms with Gasteiger partial charge in [0, 0.05) is 67.8 Å². The lowest BCUT2D eigenvalue weighted by molar-refractivity contribution is 0.0615. The van der Waals surface area contributed by atoms with E-state index in [-0.39, 0.29) is 23.8 Å². The van der Waals surface area contributed by atoms with Gasteiger partial charge in [-0.3, -0.25) is 14.5 Å². The van der Waals surface area contributed by atoms with E-state index in [0.29, 0.717) is 59.3 Å². The molecule has 0 radical (unpaired) electrons. The van der Waals surface area contributed by atoms with Crippen molar-refractivity contribution in [1.29, 1.82) is 0 Å². The number of aromatic nitrogens is 4. The standard InChI is InChI=1S/C37H42N8O3/c1-24-29(7-6-8-30(24)40-35(47)25-9-13-27(14-10-25)37(2,3)4)32-41-33(31-34(42-32)43(5)23-38-31)39-28-15-11-26(12-16-28)36(48)45-19-17-44(18-20-45)21-22-46/h6-16,23,46H,17-22H2,1-5H3,(H,40,47)(H,39,41,42). The van der Waals surface area contributed by atoms with Crippen LogP contribution in [0.3, 0.4) is 0 Å². The Morgan fingerprint density at radius 3 is 2.25 bits per heavy atom. The molecule has 3 aromatic carbocycles. The molecule has 6 rings (SSSR count). The lowest BCUT2D eigenvalue weighted by Crippen LogP contribution is -2.49. The summed E-state index contributed by atoms with van der Waals surface area (Å²) in [6, 6.07) is 20.8. The Morgan fingerprint density at radius 1 is 0.896 bits per heavy atom. The molecule has 1 aliphatic heterocycles. The number of carbonyl (C=O) groups excluding carboxylic acids is 2. The third-order valence-electron chi connectivity index (χ3n) is 8.87. The molecule has 1 aliphatic rings. The van der Waals surface area contributed by atoms with Crippen molar-refractivity contribution in [2.24, 2.45) is 7.05 Å². The summed E-state index contributed by atoms with van der Waals surface area (Å²) in [5, 5.41) is 15.6. The predicted molar refractivity (Wildman–Crippen MR) is 189 cm³/mol. The van der Waals surface area contributed by atoms with Crippen molar-refractivity contribution in [3.63, 3.8) is 0 Å². The van der Waals surface area contributed by atoms with Crippen LogP contribution < -0.4 is 10.6 Å². The van der Waals surface area contributed by atoms with Crippen LogP contribution in [0.1, 0.15) is 52.6 Å². The first-order valence-corrected chi connectivity index (χ1v) is 16.2. The smallest absolute Gasteiger partial charge is 0.255 e. The van der Waals surface area contributed by atoms with Gasteiger partial charge in [0.1, 0.15) is 0 Å². The average molecular weight is 647 g/mol. The number of aliphatic hydroxyl groups excluding tert-OH is 1. The van der Waals surface area contributed by atoms with Gasteiger partial charge in [0.15, 0.2) is 22.8 Å². The van der Waals surface area contributed by atoms with Crippen molar-refractivity contribution in [2.45, 2.75) is 33.1 Å². The first kappa shape index (κ1) is 32.8. The molecule has 0 unspecified atom stereocenters. The summed E-state index contributed by atoms with van der Waals surface area (Å²) in [6.07, 6.45) is 1.70. The SMILES string of the molecule is Cc1c(NC(=O)c2ccc(C(C)(C)C)cc2)cccc1-c1nc(Nc2ccc(C(=O)N3CCN(CCO)CC3)cc2)c2ncn(C)c2n1. The van der Waals surface area contributed by atoms with Gasteiger partial charge in [-0.25, -0.2) is 15.0 Å². The Balaban J connectivity index is 1.22. The van der Waals surface area contributed by atoms with E-state index in [9.17, 15) is 14.7 Å². The number of piperazine rings is 1. The summed E-state index contributed by atoms with van der Waals surface area (Å²) in [7, 11) is 1.88. The van der Waals surface area contributed by atoms with Crippen molar-refractivity contribution < 1.29 is 14.7 Å². The minimum absolute atomic E-state index is 0.00305. The molecule has 1 fully saturated rings. The lowest BCUT2D eigenvalue weighted by Gasteiger charge is -2.34. The molecule has 1 saturated heterocycles. The average Bonchev–Trinajstić information content (AvgIpc) is 3.46. The van der Waals surface area contributed by atoms with Crippen molar-refractivity contribution in [3.05, 3.63) is 95.3 Å². The molecule has 248 valence electrons. The van der Waals surface area contributed by atoms with E-state index in [1.165, 1.54) is 5.56 Å². The van der Waals surface area contributed by atoms with Crippen LogP contribution in [0.5, 0.6) is 0 Å². The van der Waals surface area contributed by atoms with E-state index in [1.807, 2.05) is 90.2 Å². The van der Waals surface area contributed by atoms with Crippen molar-refractivity contribution in [2.75, 3.05) is 50.0 Å². The minimum Gasteiger partial charge on any atom is -0.395 e. The molecule has 0 spiro atoms. The molecule has 3 heterocycles. The number of β-amino-alcohol motifs (C(OH)–C–C–N with tert-alkyl or cyclic N) is 1. The maximum absolute atomic E-state index is 13.2. The second kappa shape index (κ2) is 13.5.